The maximum Gasteiger partial charge on any atom is 0.242 e. The van der Waals surface area contributed by atoms with Gasteiger partial charge >= 0.3 is 0 Å². The number of fused-ring (bicyclic) bond motifs is 1. The molecule has 3 aromatic rings. The summed E-state index contributed by atoms with van der Waals surface area (Å²) in [6.07, 6.45) is 6.92. The number of likely N-dealkylation sites (tertiary alicyclic amines) is 1. The molecule has 0 bridgehead atoms. The molecule has 1 aromatic heterocycles. The van der Waals surface area contributed by atoms with Crippen LogP contribution in [0.25, 0.3) is 10.9 Å². The summed E-state index contributed by atoms with van der Waals surface area (Å²) in [6, 6.07) is 17.5. The van der Waals surface area contributed by atoms with Crippen LogP contribution in [0.1, 0.15) is 61.0 Å². The summed E-state index contributed by atoms with van der Waals surface area (Å²) in [6.45, 7) is 3.69. The number of nitrogens with one attached hydrogen (secondary N) is 2. The zero-order valence-electron chi connectivity index (χ0n) is 22.7. The van der Waals surface area contributed by atoms with Crippen LogP contribution in [0, 0.1) is 5.92 Å². The number of likely N-dealkylation sites (N-methyl/N-ethyl adjacent to an activating group) is 1. The summed E-state index contributed by atoms with van der Waals surface area (Å²) >= 11 is 0. The molecule has 1 saturated heterocycles. The van der Waals surface area contributed by atoms with Gasteiger partial charge in [-0.2, -0.15) is 0 Å². The van der Waals surface area contributed by atoms with Gasteiger partial charge in [-0.1, -0.05) is 43.7 Å². The number of nitrogens with zero attached hydrogens (tertiary/aromatic N) is 1. The van der Waals surface area contributed by atoms with Crippen LogP contribution in [0.2, 0.25) is 0 Å². The molecule has 38 heavy (non-hydrogen) atoms. The predicted molar refractivity (Wildman–Crippen MR) is 153 cm³/mol. The van der Waals surface area contributed by atoms with Gasteiger partial charge in [0.05, 0.1) is 11.7 Å². The number of aliphatic hydroxyl groups is 1. The number of amides is 1. The zero-order valence-corrected chi connectivity index (χ0v) is 22.7. The second-order valence-electron chi connectivity index (χ2n) is 9.45. The molecule has 2 heterocycles. The number of carbonyl (C=O) groups is 3. The van der Waals surface area contributed by atoms with E-state index in [0.717, 1.165) is 81.5 Å². The molecule has 0 aliphatic carbocycles. The fourth-order valence-corrected chi connectivity index (χ4v) is 4.81. The summed E-state index contributed by atoms with van der Waals surface area (Å²) < 4.78 is 0. The van der Waals surface area contributed by atoms with Crippen LogP contribution in [0.5, 0.6) is 0 Å². The minimum atomic E-state index is -0.190. The Balaban J connectivity index is 0.000000360. The number of hydrogen-bond acceptors (Lipinski definition) is 6. The van der Waals surface area contributed by atoms with Crippen molar-refractivity contribution in [3.05, 3.63) is 65.9 Å². The second kappa shape index (κ2) is 16.5. The van der Waals surface area contributed by atoms with E-state index in [-0.39, 0.29) is 23.8 Å². The molecule has 8 heteroatoms. The summed E-state index contributed by atoms with van der Waals surface area (Å²) in [4.78, 5) is 39.3. The van der Waals surface area contributed by atoms with Crippen molar-refractivity contribution >= 4 is 35.1 Å². The van der Waals surface area contributed by atoms with E-state index in [0.29, 0.717) is 5.69 Å². The second-order valence-corrected chi connectivity index (χ2v) is 9.45. The number of hydrogen-bond donors (Lipinski definition) is 4. The summed E-state index contributed by atoms with van der Waals surface area (Å²) in [5.41, 5.74) is 8.66. The molecule has 0 saturated carbocycles. The van der Waals surface area contributed by atoms with Crippen molar-refractivity contribution in [3.63, 3.8) is 0 Å². The summed E-state index contributed by atoms with van der Waals surface area (Å²) in [5, 5.41) is 11.0. The minimum Gasteiger partial charge on any atom is -0.400 e. The van der Waals surface area contributed by atoms with Crippen LogP contribution in [-0.2, 0) is 9.59 Å². The normalized spacial score (nSPS) is 17.5. The fourth-order valence-electron chi connectivity index (χ4n) is 4.81. The van der Waals surface area contributed by atoms with Crippen LogP contribution in [0.3, 0.4) is 0 Å². The highest BCUT2D eigenvalue weighted by atomic mass is 16.2. The molecular weight excluding hydrogens is 480 g/mol. The Morgan fingerprint density at radius 1 is 1.16 bits per heavy atom. The SMILES string of the molecule is CCC(C=O)CCCCN.CN1CC[C@@H](c2ccccc2)[C@H]1C(=O)Nc1ccc2[nH]c(C=O)cc2c1.CO. The van der Waals surface area contributed by atoms with Crippen molar-refractivity contribution in [2.45, 2.75) is 51.0 Å². The molecule has 8 nitrogen and oxygen atoms in total. The van der Waals surface area contributed by atoms with Gasteiger partial charge < -0.3 is 25.9 Å². The lowest BCUT2D eigenvalue weighted by Gasteiger charge is -2.24. The van der Waals surface area contributed by atoms with Crippen molar-refractivity contribution in [2.75, 3.05) is 32.6 Å². The lowest BCUT2D eigenvalue weighted by atomic mass is 9.91. The van der Waals surface area contributed by atoms with E-state index >= 15 is 0 Å². The molecule has 2 aromatic carbocycles. The first-order valence-electron chi connectivity index (χ1n) is 13.2. The molecule has 1 aliphatic heterocycles. The Morgan fingerprint density at radius 3 is 2.53 bits per heavy atom. The largest absolute Gasteiger partial charge is 0.400 e. The number of H-pyrrole nitrogens is 1. The van der Waals surface area contributed by atoms with E-state index in [2.05, 4.69) is 27.3 Å². The highest BCUT2D eigenvalue weighted by molar-refractivity contribution is 5.98. The third-order valence-corrected chi connectivity index (χ3v) is 6.93. The minimum absolute atomic E-state index is 0.00403. The Bertz CT molecular complexity index is 1130. The standard InChI is InChI=1S/C21H21N3O2.C8H17NO.CH4O/c1-24-10-9-18(14-5-3-2-4-6-14)20(24)21(26)23-16-7-8-19-15(11-16)12-17(13-25)22-19;1-2-8(7-10)5-3-4-6-9;1-2/h2-8,11-13,18,20,22H,9-10H2,1H3,(H,23,26);7-8H,2-6,9H2,1H3;2H,1H3/t18-,20-;;/m0../s1. The fraction of sp³-hybridized carbons (Fsp3) is 0.433. The number of anilines is 1. The Hall–Kier alpha value is -3.33. The Kier molecular flexibility index (Phi) is 13.4. The molecule has 1 aliphatic rings. The van der Waals surface area contributed by atoms with Gasteiger partial charge in [-0.05, 0) is 75.6 Å². The first kappa shape index (κ1) is 30.9. The average molecular weight is 523 g/mol. The van der Waals surface area contributed by atoms with Crippen LogP contribution >= 0.6 is 0 Å². The molecule has 0 spiro atoms. The van der Waals surface area contributed by atoms with Crippen molar-refractivity contribution in [2.24, 2.45) is 11.7 Å². The molecule has 1 unspecified atom stereocenters. The van der Waals surface area contributed by atoms with E-state index < -0.39 is 0 Å². The number of carbonyl (C=O) groups excluding carboxylic acids is 3. The molecular formula is C30H42N4O4. The molecule has 206 valence electrons. The lowest BCUT2D eigenvalue weighted by molar-refractivity contribution is -0.120. The predicted octanol–water partition coefficient (Wildman–Crippen LogP) is 4.36. The maximum absolute atomic E-state index is 13.0. The van der Waals surface area contributed by atoms with Gasteiger partial charge in [0.25, 0.3) is 0 Å². The molecule has 5 N–H and O–H groups in total. The van der Waals surface area contributed by atoms with Crippen molar-refractivity contribution in [3.8, 4) is 0 Å². The van der Waals surface area contributed by atoms with E-state index in [9.17, 15) is 14.4 Å². The quantitative estimate of drug-likeness (QED) is 0.231. The number of aromatic amines is 1. The third kappa shape index (κ3) is 8.62. The van der Waals surface area contributed by atoms with Crippen LogP contribution < -0.4 is 11.1 Å². The first-order chi connectivity index (χ1) is 18.5. The van der Waals surface area contributed by atoms with Gasteiger partial charge in [-0.15, -0.1) is 0 Å². The van der Waals surface area contributed by atoms with Gasteiger partial charge in [0.2, 0.25) is 5.91 Å². The smallest absolute Gasteiger partial charge is 0.242 e. The molecule has 0 radical (unpaired) electrons. The highest BCUT2D eigenvalue weighted by Gasteiger charge is 2.38. The number of unbranched alkanes of at least 4 members (excludes halogenated alkanes) is 1. The van der Waals surface area contributed by atoms with Crippen molar-refractivity contribution in [1.82, 2.24) is 9.88 Å². The highest BCUT2D eigenvalue weighted by Crippen LogP contribution is 2.33. The van der Waals surface area contributed by atoms with Gasteiger partial charge in [0.15, 0.2) is 6.29 Å². The zero-order chi connectivity index (χ0) is 27.9. The average Bonchev–Trinajstić information content (AvgIpc) is 3.56. The van der Waals surface area contributed by atoms with Gasteiger partial charge in [-0.3, -0.25) is 14.5 Å². The van der Waals surface area contributed by atoms with Crippen molar-refractivity contribution < 1.29 is 19.5 Å². The summed E-state index contributed by atoms with van der Waals surface area (Å²) in [7, 11) is 3.00. The number of nitrogens with two attached hydrogens (primary N) is 1. The van der Waals surface area contributed by atoms with Crippen LogP contribution in [0.15, 0.2) is 54.6 Å². The number of benzene rings is 2. The number of rotatable bonds is 10. The molecule has 1 amide bonds. The van der Waals surface area contributed by atoms with E-state index in [1.165, 1.54) is 5.56 Å². The van der Waals surface area contributed by atoms with Gasteiger partial charge in [0, 0.05) is 35.5 Å². The number of aldehydes is 2. The maximum atomic E-state index is 13.0. The number of aromatic nitrogens is 1. The monoisotopic (exact) mass is 522 g/mol. The molecule has 4 rings (SSSR count). The van der Waals surface area contributed by atoms with E-state index in [1.807, 2.05) is 50.4 Å². The van der Waals surface area contributed by atoms with E-state index in [1.54, 1.807) is 6.07 Å². The Labute approximate surface area is 225 Å². The number of aliphatic hydroxyl groups excluding tert-OH is 1. The van der Waals surface area contributed by atoms with Gasteiger partial charge in [-0.25, -0.2) is 0 Å². The third-order valence-electron chi connectivity index (χ3n) is 6.93. The van der Waals surface area contributed by atoms with Crippen LogP contribution in [-0.4, -0.2) is 66.8 Å². The molecule has 3 atom stereocenters. The van der Waals surface area contributed by atoms with Crippen LogP contribution in [0.4, 0.5) is 5.69 Å². The molecule has 1 fully saturated rings. The van der Waals surface area contributed by atoms with Crippen molar-refractivity contribution in [1.29, 1.82) is 0 Å². The van der Waals surface area contributed by atoms with Gasteiger partial charge in [0.1, 0.15) is 6.29 Å². The van der Waals surface area contributed by atoms with E-state index in [4.69, 9.17) is 10.8 Å². The Morgan fingerprint density at radius 2 is 1.89 bits per heavy atom. The topological polar surface area (TPSA) is 129 Å². The lowest BCUT2D eigenvalue weighted by Crippen LogP contribution is -2.40. The summed E-state index contributed by atoms with van der Waals surface area (Å²) in [5.74, 6) is 0.467. The first-order valence-corrected chi connectivity index (χ1v) is 13.2.